The van der Waals surface area contributed by atoms with Crippen LogP contribution in [-0.2, 0) is 17.5 Å². The van der Waals surface area contributed by atoms with Gasteiger partial charge in [-0.1, -0.05) is 30.3 Å². The van der Waals surface area contributed by atoms with Crippen molar-refractivity contribution < 1.29 is 22.7 Å². The third kappa shape index (κ3) is 3.95. The van der Waals surface area contributed by atoms with Crippen LogP contribution < -0.4 is 0 Å². The molecular formula is C21H21F3N2O2. The number of aromatic nitrogens is 1. The van der Waals surface area contributed by atoms with E-state index in [2.05, 4.69) is 22.0 Å². The molecule has 1 aromatic carbocycles. The average Bonchev–Trinajstić information content (AvgIpc) is 2.67. The Labute approximate surface area is 161 Å². The van der Waals surface area contributed by atoms with E-state index in [0.29, 0.717) is 26.1 Å². The molecule has 4 nitrogen and oxygen atoms in total. The van der Waals surface area contributed by atoms with Crippen LogP contribution in [0.2, 0.25) is 0 Å². The maximum absolute atomic E-state index is 13.0. The van der Waals surface area contributed by atoms with E-state index in [1.54, 1.807) is 0 Å². The van der Waals surface area contributed by atoms with Gasteiger partial charge in [-0.3, -0.25) is 14.7 Å². The number of ketones is 1. The van der Waals surface area contributed by atoms with Crippen molar-refractivity contribution >= 4 is 5.78 Å². The van der Waals surface area contributed by atoms with Gasteiger partial charge in [0.2, 0.25) is 0 Å². The maximum Gasteiger partial charge on any atom is 0.416 e. The zero-order chi connectivity index (χ0) is 19.7. The van der Waals surface area contributed by atoms with Crippen LogP contribution in [0.15, 0.2) is 48.7 Å². The number of fused-ring (bicyclic) bond motifs is 2. The van der Waals surface area contributed by atoms with Gasteiger partial charge in [0.15, 0.2) is 5.78 Å². The van der Waals surface area contributed by atoms with E-state index in [4.69, 9.17) is 4.74 Å². The van der Waals surface area contributed by atoms with Crippen LogP contribution in [0.25, 0.3) is 0 Å². The van der Waals surface area contributed by atoms with Crippen molar-refractivity contribution in [2.24, 2.45) is 5.92 Å². The Bertz CT molecular complexity index is 827. The van der Waals surface area contributed by atoms with Crippen LogP contribution in [0.1, 0.15) is 34.5 Å². The van der Waals surface area contributed by atoms with Gasteiger partial charge >= 0.3 is 6.18 Å². The van der Waals surface area contributed by atoms with Crippen LogP contribution in [0.3, 0.4) is 0 Å². The number of rotatable bonds is 4. The number of morpholine rings is 1. The molecule has 2 fully saturated rings. The van der Waals surface area contributed by atoms with Crippen molar-refractivity contribution in [3.05, 3.63) is 65.5 Å². The topological polar surface area (TPSA) is 42.4 Å². The first-order chi connectivity index (χ1) is 13.4. The lowest BCUT2D eigenvalue weighted by molar-refractivity contribution is -0.137. The molecule has 4 rings (SSSR count). The van der Waals surface area contributed by atoms with E-state index in [9.17, 15) is 18.0 Å². The number of hydrogen-bond donors (Lipinski definition) is 0. The lowest BCUT2D eigenvalue weighted by atomic mass is 9.81. The zero-order valence-corrected chi connectivity index (χ0v) is 15.2. The van der Waals surface area contributed by atoms with Crippen LogP contribution in [0.5, 0.6) is 0 Å². The number of carbonyl (C=O) groups excluding carboxylic acids is 1. The molecule has 1 aromatic heterocycles. The maximum atomic E-state index is 13.0. The van der Waals surface area contributed by atoms with Gasteiger partial charge < -0.3 is 4.74 Å². The molecule has 2 aliphatic heterocycles. The van der Waals surface area contributed by atoms with Crippen molar-refractivity contribution in [3.8, 4) is 0 Å². The summed E-state index contributed by atoms with van der Waals surface area (Å²) >= 11 is 0. The quantitative estimate of drug-likeness (QED) is 0.741. The molecule has 0 spiro atoms. The highest BCUT2D eigenvalue weighted by Crippen LogP contribution is 2.35. The van der Waals surface area contributed by atoms with Gasteiger partial charge in [-0.05, 0) is 30.5 Å². The smallest absolute Gasteiger partial charge is 0.378 e. The van der Waals surface area contributed by atoms with Gasteiger partial charge in [0, 0.05) is 30.7 Å². The van der Waals surface area contributed by atoms with Gasteiger partial charge in [-0.25, -0.2) is 0 Å². The summed E-state index contributed by atoms with van der Waals surface area (Å²) in [5.41, 5.74) is 0.259. The van der Waals surface area contributed by atoms with E-state index >= 15 is 0 Å². The summed E-state index contributed by atoms with van der Waals surface area (Å²) in [6.45, 7) is 1.84. The molecule has 28 heavy (non-hydrogen) atoms. The summed E-state index contributed by atoms with van der Waals surface area (Å²) in [6.07, 6.45) is -2.29. The van der Waals surface area contributed by atoms with Gasteiger partial charge in [-0.2, -0.15) is 13.2 Å². The Morgan fingerprint density at radius 3 is 2.43 bits per heavy atom. The van der Waals surface area contributed by atoms with Crippen LogP contribution in [0.4, 0.5) is 13.2 Å². The Balaban J connectivity index is 1.50. The zero-order valence-electron chi connectivity index (χ0n) is 15.2. The molecule has 7 heteroatoms. The number of hydrogen-bond acceptors (Lipinski definition) is 4. The van der Waals surface area contributed by atoms with E-state index in [1.165, 1.54) is 5.56 Å². The highest BCUT2D eigenvalue weighted by atomic mass is 19.4. The van der Waals surface area contributed by atoms with Gasteiger partial charge in [0.05, 0.1) is 18.8 Å². The molecule has 2 aromatic rings. The molecule has 2 saturated heterocycles. The van der Waals surface area contributed by atoms with Crippen molar-refractivity contribution in [2.75, 3.05) is 13.2 Å². The number of alkyl halides is 3. The van der Waals surface area contributed by atoms with Gasteiger partial charge in [0.25, 0.3) is 0 Å². The predicted octanol–water partition coefficient (Wildman–Crippen LogP) is 3.96. The minimum absolute atomic E-state index is 0.0763. The summed E-state index contributed by atoms with van der Waals surface area (Å²) in [6, 6.07) is 12.0. The van der Waals surface area contributed by atoms with Crippen LogP contribution in [0, 0.1) is 5.92 Å². The third-order valence-electron chi connectivity index (χ3n) is 5.59. The van der Waals surface area contributed by atoms with E-state index in [1.807, 2.05) is 18.2 Å². The van der Waals surface area contributed by atoms with E-state index in [-0.39, 0.29) is 29.5 Å². The number of piperidine rings is 1. The molecule has 2 bridgehead atoms. The minimum Gasteiger partial charge on any atom is -0.378 e. The summed E-state index contributed by atoms with van der Waals surface area (Å²) in [5.74, 6) is -0.635. The number of ether oxygens (including phenoxy) is 1. The first-order valence-electron chi connectivity index (χ1n) is 9.36. The third-order valence-corrected chi connectivity index (χ3v) is 5.59. The highest BCUT2D eigenvalue weighted by molar-refractivity contribution is 5.96. The molecule has 148 valence electrons. The van der Waals surface area contributed by atoms with Crippen molar-refractivity contribution in [2.45, 2.75) is 37.6 Å². The fourth-order valence-electron chi connectivity index (χ4n) is 4.21. The Hall–Kier alpha value is -2.25. The number of nitrogens with zero attached hydrogens (tertiary/aromatic N) is 2. The fourth-order valence-corrected chi connectivity index (χ4v) is 4.21. The SMILES string of the molecule is O=C(c1cc(C(F)(F)F)ccn1)C1CC2COCC(C1)N2Cc1ccccc1. The summed E-state index contributed by atoms with van der Waals surface area (Å²) in [4.78, 5) is 19.2. The molecule has 3 heterocycles. The summed E-state index contributed by atoms with van der Waals surface area (Å²) in [7, 11) is 0. The largest absolute Gasteiger partial charge is 0.416 e. The molecule has 0 N–H and O–H groups in total. The van der Waals surface area contributed by atoms with Gasteiger partial charge in [0.1, 0.15) is 5.69 Å². The monoisotopic (exact) mass is 390 g/mol. The molecular weight excluding hydrogens is 369 g/mol. The second kappa shape index (κ2) is 7.64. The Kier molecular flexibility index (Phi) is 5.21. The average molecular weight is 390 g/mol. The van der Waals surface area contributed by atoms with Crippen molar-refractivity contribution in [1.29, 1.82) is 0 Å². The van der Waals surface area contributed by atoms with Crippen molar-refractivity contribution in [3.63, 3.8) is 0 Å². The highest BCUT2D eigenvalue weighted by Gasteiger charge is 2.42. The molecule has 2 aliphatic rings. The number of benzene rings is 1. The molecule has 0 amide bonds. The molecule has 2 atom stereocenters. The van der Waals surface area contributed by atoms with Gasteiger partial charge in [-0.15, -0.1) is 0 Å². The first-order valence-corrected chi connectivity index (χ1v) is 9.36. The summed E-state index contributed by atoms with van der Waals surface area (Å²) < 4.78 is 44.6. The number of Topliss-reactive ketones (excluding diaryl/α,β-unsaturated/α-hetero) is 1. The Morgan fingerprint density at radius 1 is 1.11 bits per heavy atom. The normalized spacial score (nSPS) is 25.5. The number of pyridine rings is 1. The van der Waals surface area contributed by atoms with E-state index in [0.717, 1.165) is 24.9 Å². The lowest BCUT2D eigenvalue weighted by Crippen LogP contribution is -2.57. The molecule has 0 radical (unpaired) electrons. The Morgan fingerprint density at radius 2 is 1.79 bits per heavy atom. The second-order valence-corrected chi connectivity index (χ2v) is 7.46. The predicted molar refractivity (Wildman–Crippen MR) is 96.7 cm³/mol. The minimum atomic E-state index is -4.48. The standard InChI is InChI=1S/C21H21F3N2O2/c22-21(23,24)16-6-7-25-19(10-16)20(27)15-8-17-12-28-13-18(9-15)26(17)11-14-4-2-1-3-5-14/h1-7,10,15,17-18H,8-9,11-13H2. The molecule has 2 unspecified atom stereocenters. The summed E-state index contributed by atoms with van der Waals surface area (Å²) in [5, 5.41) is 0. The van der Waals surface area contributed by atoms with E-state index < -0.39 is 11.7 Å². The first kappa shape index (κ1) is 19.1. The number of halogens is 3. The number of carbonyl (C=O) groups is 1. The van der Waals surface area contributed by atoms with Crippen LogP contribution in [-0.4, -0.2) is 41.0 Å². The van der Waals surface area contributed by atoms with Crippen molar-refractivity contribution in [1.82, 2.24) is 9.88 Å². The fraction of sp³-hybridized carbons (Fsp3) is 0.429. The van der Waals surface area contributed by atoms with Crippen LogP contribution >= 0.6 is 0 Å². The lowest BCUT2D eigenvalue weighted by Gasteiger charge is -2.48. The molecule has 0 saturated carbocycles. The molecule has 0 aliphatic carbocycles. The second-order valence-electron chi connectivity index (χ2n) is 7.46.